The molecular weight excluding hydrogens is 344 g/mol. The molecule has 2 amide bonds. The second-order valence-corrected chi connectivity index (χ2v) is 6.43. The fourth-order valence-corrected chi connectivity index (χ4v) is 3.10. The lowest BCUT2D eigenvalue weighted by Gasteiger charge is -2.34. The minimum absolute atomic E-state index is 0.114. The van der Waals surface area contributed by atoms with Gasteiger partial charge in [0.15, 0.2) is 0 Å². The van der Waals surface area contributed by atoms with E-state index in [0.29, 0.717) is 26.2 Å². The standard InChI is InChI=1S/C20H24N4O3/c1-27-17-7-4-5-15(11-17)13-23-19(25)12-18-20(26)22-9-10-24(18)14-16-6-2-3-8-21-16/h2-8,11,18H,9-10,12-14H2,1H3,(H,22,26)(H,23,25)/t18-/m1/s1. The van der Waals surface area contributed by atoms with Crippen molar-refractivity contribution in [2.45, 2.75) is 25.6 Å². The average Bonchev–Trinajstić information content (AvgIpc) is 2.70. The normalized spacial score (nSPS) is 17.2. The first-order valence-electron chi connectivity index (χ1n) is 8.97. The SMILES string of the molecule is COc1cccc(CNC(=O)C[C@@H]2C(=O)NCCN2Cc2ccccn2)c1. The summed E-state index contributed by atoms with van der Waals surface area (Å²) in [6.45, 7) is 2.20. The van der Waals surface area contributed by atoms with Crippen molar-refractivity contribution in [3.8, 4) is 5.75 Å². The number of piperazine rings is 1. The lowest BCUT2D eigenvalue weighted by molar-refractivity contribution is -0.134. The van der Waals surface area contributed by atoms with Gasteiger partial charge in [0.05, 0.1) is 25.3 Å². The molecule has 142 valence electrons. The van der Waals surface area contributed by atoms with Gasteiger partial charge in [-0.1, -0.05) is 18.2 Å². The molecular formula is C20H24N4O3. The Morgan fingerprint density at radius 3 is 3.00 bits per heavy atom. The Morgan fingerprint density at radius 2 is 2.22 bits per heavy atom. The van der Waals surface area contributed by atoms with Gasteiger partial charge in [0.25, 0.3) is 0 Å². The number of carbonyl (C=O) groups excluding carboxylic acids is 2. The van der Waals surface area contributed by atoms with Crippen LogP contribution in [0.4, 0.5) is 0 Å². The van der Waals surface area contributed by atoms with Crippen LogP contribution in [0.15, 0.2) is 48.7 Å². The first-order valence-corrected chi connectivity index (χ1v) is 8.97. The monoisotopic (exact) mass is 368 g/mol. The predicted octanol–water partition coefficient (Wildman–Crippen LogP) is 1.10. The maximum Gasteiger partial charge on any atom is 0.237 e. The number of aromatic nitrogens is 1. The largest absolute Gasteiger partial charge is 0.497 e. The smallest absolute Gasteiger partial charge is 0.237 e. The Labute approximate surface area is 158 Å². The summed E-state index contributed by atoms with van der Waals surface area (Å²) in [7, 11) is 1.61. The Balaban J connectivity index is 1.58. The van der Waals surface area contributed by atoms with Crippen molar-refractivity contribution >= 4 is 11.8 Å². The molecule has 1 aliphatic heterocycles. The first-order chi connectivity index (χ1) is 13.2. The van der Waals surface area contributed by atoms with Crippen LogP contribution in [0.2, 0.25) is 0 Å². The molecule has 7 nitrogen and oxygen atoms in total. The van der Waals surface area contributed by atoms with Crippen LogP contribution in [0, 0.1) is 0 Å². The van der Waals surface area contributed by atoms with Crippen molar-refractivity contribution in [3.63, 3.8) is 0 Å². The van der Waals surface area contributed by atoms with Crippen LogP contribution in [0.1, 0.15) is 17.7 Å². The number of ether oxygens (including phenoxy) is 1. The van der Waals surface area contributed by atoms with Crippen LogP contribution in [0.3, 0.4) is 0 Å². The molecule has 1 aromatic heterocycles. The summed E-state index contributed by atoms with van der Waals surface area (Å²) >= 11 is 0. The number of methoxy groups -OCH3 is 1. The number of amides is 2. The highest BCUT2D eigenvalue weighted by Gasteiger charge is 2.31. The number of nitrogens with zero attached hydrogens (tertiary/aromatic N) is 2. The second kappa shape index (κ2) is 9.14. The van der Waals surface area contributed by atoms with Gasteiger partial charge in [-0.05, 0) is 29.8 Å². The molecule has 0 spiro atoms. The first kappa shape index (κ1) is 18.8. The van der Waals surface area contributed by atoms with Crippen LogP contribution in [0.25, 0.3) is 0 Å². The minimum atomic E-state index is -0.494. The van der Waals surface area contributed by atoms with E-state index in [1.54, 1.807) is 13.3 Å². The molecule has 3 rings (SSSR count). The number of pyridine rings is 1. The van der Waals surface area contributed by atoms with E-state index in [1.807, 2.05) is 47.4 Å². The topological polar surface area (TPSA) is 83.6 Å². The lowest BCUT2D eigenvalue weighted by atomic mass is 10.1. The lowest BCUT2D eigenvalue weighted by Crippen LogP contribution is -2.56. The Hall–Kier alpha value is -2.93. The van der Waals surface area contributed by atoms with Crippen molar-refractivity contribution < 1.29 is 14.3 Å². The van der Waals surface area contributed by atoms with Gasteiger partial charge in [0.1, 0.15) is 5.75 Å². The van der Waals surface area contributed by atoms with Gasteiger partial charge >= 0.3 is 0 Å². The summed E-state index contributed by atoms with van der Waals surface area (Å²) < 4.78 is 5.19. The van der Waals surface area contributed by atoms with Gasteiger partial charge < -0.3 is 15.4 Å². The van der Waals surface area contributed by atoms with Gasteiger partial charge in [-0.15, -0.1) is 0 Å². The second-order valence-electron chi connectivity index (χ2n) is 6.43. The highest BCUT2D eigenvalue weighted by atomic mass is 16.5. The molecule has 0 unspecified atom stereocenters. The third-order valence-corrected chi connectivity index (χ3v) is 4.54. The van der Waals surface area contributed by atoms with E-state index in [9.17, 15) is 9.59 Å². The van der Waals surface area contributed by atoms with E-state index < -0.39 is 6.04 Å². The number of benzene rings is 1. The summed E-state index contributed by atoms with van der Waals surface area (Å²) in [4.78, 5) is 31.1. The molecule has 0 aliphatic carbocycles. The van der Waals surface area contributed by atoms with E-state index in [4.69, 9.17) is 4.74 Å². The van der Waals surface area contributed by atoms with Gasteiger partial charge in [-0.3, -0.25) is 19.5 Å². The molecule has 27 heavy (non-hydrogen) atoms. The highest BCUT2D eigenvalue weighted by molar-refractivity contribution is 5.88. The van der Waals surface area contributed by atoms with Crippen LogP contribution in [-0.2, 0) is 22.7 Å². The fourth-order valence-electron chi connectivity index (χ4n) is 3.10. The van der Waals surface area contributed by atoms with E-state index in [0.717, 1.165) is 17.0 Å². The Bertz CT molecular complexity index is 782. The van der Waals surface area contributed by atoms with E-state index in [1.165, 1.54) is 0 Å². The van der Waals surface area contributed by atoms with E-state index in [2.05, 4.69) is 15.6 Å². The molecule has 0 bridgehead atoms. The molecule has 2 heterocycles. The van der Waals surface area contributed by atoms with Crippen molar-refractivity contribution in [3.05, 3.63) is 59.9 Å². The summed E-state index contributed by atoms with van der Waals surface area (Å²) in [5.74, 6) is 0.467. The molecule has 1 atom stereocenters. The number of hydrogen-bond donors (Lipinski definition) is 2. The third-order valence-electron chi connectivity index (χ3n) is 4.54. The van der Waals surface area contributed by atoms with Crippen LogP contribution in [0.5, 0.6) is 5.75 Å². The van der Waals surface area contributed by atoms with E-state index >= 15 is 0 Å². The summed E-state index contributed by atoms with van der Waals surface area (Å²) in [6, 6.07) is 12.7. The van der Waals surface area contributed by atoms with Gasteiger partial charge in [0.2, 0.25) is 11.8 Å². The molecule has 2 aromatic rings. The van der Waals surface area contributed by atoms with Gasteiger partial charge in [-0.25, -0.2) is 0 Å². The molecule has 0 radical (unpaired) electrons. The third kappa shape index (κ3) is 5.27. The number of carbonyl (C=O) groups is 2. The van der Waals surface area contributed by atoms with Crippen LogP contribution in [-0.4, -0.2) is 47.9 Å². The fraction of sp³-hybridized carbons (Fsp3) is 0.350. The zero-order valence-electron chi connectivity index (χ0n) is 15.4. The molecule has 0 saturated carbocycles. The Morgan fingerprint density at radius 1 is 1.33 bits per heavy atom. The maximum atomic E-state index is 12.4. The predicted molar refractivity (Wildman–Crippen MR) is 101 cm³/mol. The number of rotatable bonds is 7. The molecule has 1 aromatic carbocycles. The van der Waals surface area contributed by atoms with E-state index in [-0.39, 0.29) is 18.2 Å². The molecule has 2 N–H and O–H groups in total. The van der Waals surface area contributed by atoms with Crippen molar-refractivity contribution in [2.24, 2.45) is 0 Å². The molecule has 1 fully saturated rings. The Kier molecular flexibility index (Phi) is 6.38. The number of nitrogens with one attached hydrogen (secondary N) is 2. The zero-order valence-corrected chi connectivity index (χ0v) is 15.4. The molecule has 1 aliphatic rings. The summed E-state index contributed by atoms with van der Waals surface area (Å²) in [5, 5.41) is 5.73. The number of hydrogen-bond acceptors (Lipinski definition) is 5. The zero-order chi connectivity index (χ0) is 19.1. The molecule has 1 saturated heterocycles. The van der Waals surface area contributed by atoms with Crippen LogP contribution >= 0.6 is 0 Å². The maximum absolute atomic E-state index is 12.4. The summed E-state index contributed by atoms with van der Waals surface area (Å²) in [6.07, 6.45) is 1.85. The average molecular weight is 368 g/mol. The minimum Gasteiger partial charge on any atom is -0.497 e. The molecule has 7 heteroatoms. The quantitative estimate of drug-likeness (QED) is 0.765. The summed E-state index contributed by atoms with van der Waals surface area (Å²) in [5.41, 5.74) is 1.83. The van der Waals surface area contributed by atoms with Crippen molar-refractivity contribution in [2.75, 3.05) is 20.2 Å². The van der Waals surface area contributed by atoms with Crippen molar-refractivity contribution in [1.29, 1.82) is 0 Å². The van der Waals surface area contributed by atoms with Gasteiger partial charge in [-0.2, -0.15) is 0 Å². The van der Waals surface area contributed by atoms with Gasteiger partial charge in [0, 0.05) is 32.4 Å². The van der Waals surface area contributed by atoms with Crippen molar-refractivity contribution in [1.82, 2.24) is 20.5 Å². The highest BCUT2D eigenvalue weighted by Crippen LogP contribution is 2.14. The van der Waals surface area contributed by atoms with Crippen LogP contribution < -0.4 is 15.4 Å².